The summed E-state index contributed by atoms with van der Waals surface area (Å²) in [6, 6.07) is 1.50. The molecule has 1 aromatic rings. The summed E-state index contributed by atoms with van der Waals surface area (Å²) in [7, 11) is 6.39. The van der Waals surface area contributed by atoms with Crippen molar-refractivity contribution >= 4 is 40.7 Å². The summed E-state index contributed by atoms with van der Waals surface area (Å²) in [6.45, 7) is 3.22. The quantitative estimate of drug-likeness (QED) is 0.319. The molecule has 0 saturated heterocycles. The molecule has 8 unspecified atom stereocenters. The summed E-state index contributed by atoms with van der Waals surface area (Å²) < 4.78 is 5.80. The molecule has 0 aliphatic heterocycles. The molecular weight excluding hydrogens is 510 g/mol. The maximum Gasteiger partial charge on any atom is 0.305 e. The van der Waals surface area contributed by atoms with Crippen LogP contribution in [0.25, 0.3) is 0 Å². The third-order valence-electron chi connectivity index (χ3n) is 8.45. The molecule has 2 saturated carbocycles. The maximum absolute atomic E-state index is 14.2. The van der Waals surface area contributed by atoms with Crippen LogP contribution in [-0.4, -0.2) is 96.1 Å². The fourth-order valence-corrected chi connectivity index (χ4v) is 6.79. The number of fused-ring (bicyclic) bond motifs is 3. The van der Waals surface area contributed by atoms with Gasteiger partial charge in [-0.15, -0.1) is 0 Å². The Hall–Kier alpha value is -3.64. The van der Waals surface area contributed by atoms with E-state index in [1.807, 2.05) is 0 Å². The van der Waals surface area contributed by atoms with Crippen molar-refractivity contribution in [1.29, 1.82) is 0 Å². The van der Waals surface area contributed by atoms with Gasteiger partial charge >= 0.3 is 5.97 Å². The van der Waals surface area contributed by atoms with Crippen LogP contribution in [0.1, 0.15) is 42.1 Å². The second-order valence-corrected chi connectivity index (χ2v) is 11.0. The summed E-state index contributed by atoms with van der Waals surface area (Å²) in [5.41, 5.74) is 3.18. The number of esters is 1. The molecule has 0 spiro atoms. The first kappa shape index (κ1) is 28.4. The lowest BCUT2D eigenvalue weighted by Gasteiger charge is -2.56. The molecule has 8 atom stereocenters. The average Bonchev–Trinajstić information content (AvgIpc) is 2.84. The molecule has 2 fully saturated rings. The van der Waals surface area contributed by atoms with Crippen molar-refractivity contribution in [1.82, 2.24) is 4.90 Å². The standard InChI is InChI=1S/C27H33N3O9/c1-7-13(32)39-23-15-10(2)14-11(29(3)4)8-9-12(31)16(14)21(33)17(15)24(35)27(38)19(23)20(30(5)6)22(34)18(25(27)36)26(28)37/h8-10,15,17-20,23,31,38H,7H2,1-6H3,(H2,28,37). The Morgan fingerprint density at radius 3 is 2.21 bits per heavy atom. The minimum absolute atomic E-state index is 0.103. The molecule has 0 heterocycles. The lowest BCUT2D eigenvalue weighted by atomic mass is 9.49. The zero-order valence-electron chi connectivity index (χ0n) is 22.6. The van der Waals surface area contributed by atoms with Crippen molar-refractivity contribution in [2.24, 2.45) is 29.4 Å². The van der Waals surface area contributed by atoms with Crippen LogP contribution in [0.5, 0.6) is 5.75 Å². The number of ether oxygens (including phenoxy) is 1. The number of nitrogens with two attached hydrogens (primary N) is 1. The summed E-state index contributed by atoms with van der Waals surface area (Å²) in [4.78, 5) is 83.2. The van der Waals surface area contributed by atoms with E-state index < -0.39 is 82.3 Å². The number of carbonyl (C=O) groups is 6. The monoisotopic (exact) mass is 543 g/mol. The van der Waals surface area contributed by atoms with Crippen molar-refractivity contribution in [2.45, 2.75) is 43.9 Å². The summed E-state index contributed by atoms with van der Waals surface area (Å²) in [5, 5.41) is 22.7. The number of anilines is 1. The SMILES string of the molecule is CCC(=O)OC1C2C(C(=O)c3c(O)ccc(N(C)C)c3C2C)C(=O)C2(O)C(=O)C(C(N)=O)C(=O)C(N(C)C)C12. The zero-order valence-corrected chi connectivity index (χ0v) is 22.6. The number of amides is 1. The van der Waals surface area contributed by atoms with Crippen LogP contribution in [0.2, 0.25) is 0 Å². The molecule has 3 aliphatic rings. The van der Waals surface area contributed by atoms with Crippen LogP contribution in [0, 0.1) is 23.7 Å². The highest BCUT2D eigenvalue weighted by molar-refractivity contribution is 6.32. The molecule has 0 radical (unpaired) electrons. The number of primary amides is 1. The number of nitrogens with zero attached hydrogens (tertiary/aromatic N) is 2. The number of benzene rings is 1. The molecule has 4 N–H and O–H groups in total. The number of hydrogen-bond donors (Lipinski definition) is 3. The minimum atomic E-state index is -3.04. The Morgan fingerprint density at radius 2 is 1.69 bits per heavy atom. The Kier molecular flexibility index (Phi) is 6.93. The lowest BCUT2D eigenvalue weighted by molar-refractivity contribution is -0.205. The van der Waals surface area contributed by atoms with Crippen LogP contribution in [-0.2, 0) is 28.7 Å². The van der Waals surface area contributed by atoms with Gasteiger partial charge in [-0.3, -0.25) is 33.7 Å². The molecule has 39 heavy (non-hydrogen) atoms. The van der Waals surface area contributed by atoms with Gasteiger partial charge < -0.3 is 25.6 Å². The van der Waals surface area contributed by atoms with Gasteiger partial charge in [0.2, 0.25) is 5.91 Å². The van der Waals surface area contributed by atoms with Gasteiger partial charge in [0.05, 0.1) is 23.4 Å². The molecule has 4 rings (SSSR count). The highest BCUT2D eigenvalue weighted by atomic mass is 16.5. The second-order valence-electron chi connectivity index (χ2n) is 11.0. The number of aromatic hydroxyl groups is 1. The average molecular weight is 544 g/mol. The number of Topliss-reactive ketones (excluding diaryl/α,β-unsaturated/α-hetero) is 4. The van der Waals surface area contributed by atoms with Crippen LogP contribution in [0.4, 0.5) is 5.69 Å². The first-order valence-electron chi connectivity index (χ1n) is 12.7. The van der Waals surface area contributed by atoms with Gasteiger partial charge in [0.1, 0.15) is 11.9 Å². The number of hydrogen-bond acceptors (Lipinski definition) is 11. The zero-order chi connectivity index (χ0) is 29.3. The molecule has 0 bridgehead atoms. The molecule has 210 valence electrons. The van der Waals surface area contributed by atoms with E-state index in [0.717, 1.165) is 0 Å². The van der Waals surface area contributed by atoms with Crippen LogP contribution in [0.15, 0.2) is 12.1 Å². The molecule has 1 aromatic carbocycles. The number of phenolic OH excluding ortho intramolecular Hbond substituents is 1. The topological polar surface area (TPSA) is 185 Å². The summed E-state index contributed by atoms with van der Waals surface area (Å²) in [5.74, 6) is -14.2. The predicted octanol–water partition coefficient (Wildman–Crippen LogP) is -0.574. The van der Waals surface area contributed by atoms with Gasteiger partial charge in [-0.05, 0) is 37.7 Å². The molecule has 12 nitrogen and oxygen atoms in total. The van der Waals surface area contributed by atoms with E-state index in [1.54, 1.807) is 32.0 Å². The first-order valence-corrected chi connectivity index (χ1v) is 12.7. The Morgan fingerprint density at radius 1 is 1.08 bits per heavy atom. The van der Waals surface area contributed by atoms with E-state index in [1.165, 1.54) is 32.0 Å². The van der Waals surface area contributed by atoms with Crippen LogP contribution >= 0.6 is 0 Å². The molecular formula is C27H33N3O9. The molecule has 12 heteroatoms. The first-order chi connectivity index (χ1) is 18.1. The summed E-state index contributed by atoms with van der Waals surface area (Å²) in [6.07, 6.45) is -1.56. The number of likely N-dealkylation sites (N-methyl/N-ethyl adjacent to an activating group) is 1. The van der Waals surface area contributed by atoms with Gasteiger partial charge in [0.25, 0.3) is 0 Å². The number of phenols is 1. The highest BCUT2D eigenvalue weighted by Crippen LogP contribution is 2.56. The van der Waals surface area contributed by atoms with Crippen molar-refractivity contribution in [2.75, 3.05) is 33.1 Å². The fraction of sp³-hybridized carbons (Fsp3) is 0.556. The molecule has 3 aliphatic carbocycles. The number of aliphatic hydroxyl groups is 1. The van der Waals surface area contributed by atoms with Gasteiger partial charge in [0.15, 0.2) is 34.7 Å². The molecule has 1 amide bonds. The van der Waals surface area contributed by atoms with E-state index in [9.17, 15) is 39.0 Å². The Balaban J connectivity index is 2.06. The van der Waals surface area contributed by atoms with Gasteiger partial charge in [-0.2, -0.15) is 0 Å². The van der Waals surface area contributed by atoms with Gasteiger partial charge in [-0.25, -0.2) is 0 Å². The van der Waals surface area contributed by atoms with E-state index in [4.69, 9.17) is 10.5 Å². The predicted molar refractivity (Wildman–Crippen MR) is 136 cm³/mol. The van der Waals surface area contributed by atoms with Crippen molar-refractivity contribution in [3.8, 4) is 5.75 Å². The van der Waals surface area contributed by atoms with Crippen molar-refractivity contribution < 1.29 is 43.7 Å². The third-order valence-corrected chi connectivity index (χ3v) is 8.45. The van der Waals surface area contributed by atoms with E-state index in [-0.39, 0.29) is 17.7 Å². The fourth-order valence-electron chi connectivity index (χ4n) is 6.79. The van der Waals surface area contributed by atoms with Gasteiger partial charge in [-0.1, -0.05) is 13.8 Å². The largest absolute Gasteiger partial charge is 0.507 e. The smallest absolute Gasteiger partial charge is 0.305 e. The second kappa shape index (κ2) is 9.53. The van der Waals surface area contributed by atoms with E-state index in [2.05, 4.69) is 0 Å². The maximum atomic E-state index is 14.2. The minimum Gasteiger partial charge on any atom is -0.507 e. The number of rotatable bonds is 5. The van der Waals surface area contributed by atoms with Crippen molar-refractivity contribution in [3.05, 3.63) is 23.3 Å². The summed E-state index contributed by atoms with van der Waals surface area (Å²) >= 11 is 0. The number of ketones is 4. The van der Waals surface area contributed by atoms with Crippen LogP contribution in [0.3, 0.4) is 0 Å². The van der Waals surface area contributed by atoms with Crippen LogP contribution < -0.4 is 10.6 Å². The normalized spacial score (nSPS) is 33.8. The third kappa shape index (κ3) is 3.80. The van der Waals surface area contributed by atoms with E-state index in [0.29, 0.717) is 11.3 Å². The highest BCUT2D eigenvalue weighted by Gasteiger charge is 2.74. The van der Waals surface area contributed by atoms with Gasteiger partial charge in [0, 0.05) is 32.1 Å². The Bertz CT molecular complexity index is 1310. The molecule has 0 aromatic heterocycles. The lowest BCUT2D eigenvalue weighted by Crippen LogP contribution is -2.78. The Labute approximate surface area is 225 Å². The van der Waals surface area contributed by atoms with E-state index >= 15 is 0 Å². The number of carbonyl (C=O) groups excluding carboxylic acids is 6. The van der Waals surface area contributed by atoms with Crippen molar-refractivity contribution in [3.63, 3.8) is 0 Å².